The molecule has 178 valence electrons. The quantitative estimate of drug-likeness (QED) is 0.423. The maximum atomic E-state index is 13.6. The third-order valence-electron chi connectivity index (χ3n) is 6.12. The van der Waals surface area contributed by atoms with E-state index in [1.165, 1.54) is 19.2 Å². The van der Waals surface area contributed by atoms with Crippen molar-refractivity contribution in [3.8, 4) is 5.75 Å². The molecule has 9 nitrogen and oxygen atoms in total. The van der Waals surface area contributed by atoms with Crippen molar-refractivity contribution >= 4 is 27.3 Å². The topological polar surface area (TPSA) is 110 Å². The van der Waals surface area contributed by atoms with Crippen LogP contribution in [0.3, 0.4) is 0 Å². The van der Waals surface area contributed by atoms with E-state index in [4.69, 9.17) is 4.74 Å². The zero-order valence-electron chi connectivity index (χ0n) is 19.1. The maximum Gasteiger partial charge on any atom is 0.273 e. The van der Waals surface area contributed by atoms with Gasteiger partial charge in [-0.25, -0.2) is 8.42 Å². The van der Waals surface area contributed by atoms with Gasteiger partial charge < -0.3 is 9.64 Å². The molecule has 1 aliphatic rings. The Morgan fingerprint density at radius 2 is 1.76 bits per heavy atom. The van der Waals surface area contributed by atoms with Gasteiger partial charge in [0.05, 0.1) is 22.6 Å². The number of likely N-dealkylation sites (N-methyl/N-ethyl adjacent to an activating group) is 1. The number of methoxy groups -OCH3 is 1. The summed E-state index contributed by atoms with van der Waals surface area (Å²) in [4.78, 5) is 25.3. The molecular weight excluding hydrogens is 446 g/mol. The summed E-state index contributed by atoms with van der Waals surface area (Å²) < 4.78 is 33.4. The predicted molar refractivity (Wildman–Crippen MR) is 125 cm³/mol. The fraction of sp³-hybridized carbons (Fsp3) is 0.435. The molecule has 0 atom stereocenters. The van der Waals surface area contributed by atoms with Gasteiger partial charge in [-0.05, 0) is 50.1 Å². The molecule has 0 saturated heterocycles. The molecule has 0 unspecified atom stereocenters. The first kappa shape index (κ1) is 24.5. The van der Waals surface area contributed by atoms with Crippen LogP contribution in [0.1, 0.15) is 37.7 Å². The SMILES string of the molecule is COc1ccc(N(CC(=O)N(C)C2CCCCC2)S(=O)(=O)c2ccc(C)c([N+](=O)[O-])c2)cc1. The molecular formula is C23H29N3O6S. The van der Waals surface area contributed by atoms with E-state index < -0.39 is 21.5 Å². The van der Waals surface area contributed by atoms with Crippen molar-refractivity contribution in [3.05, 3.63) is 58.1 Å². The molecule has 0 heterocycles. The van der Waals surface area contributed by atoms with Crippen LogP contribution in [-0.2, 0) is 14.8 Å². The Labute approximate surface area is 194 Å². The number of carbonyl (C=O) groups excluding carboxylic acids is 1. The number of ether oxygens (including phenoxy) is 1. The van der Waals surface area contributed by atoms with E-state index >= 15 is 0 Å². The van der Waals surface area contributed by atoms with Crippen LogP contribution in [0.25, 0.3) is 0 Å². The summed E-state index contributed by atoms with van der Waals surface area (Å²) in [6.07, 6.45) is 4.99. The Bertz CT molecular complexity index is 1110. The van der Waals surface area contributed by atoms with Gasteiger partial charge in [0.2, 0.25) is 5.91 Å². The van der Waals surface area contributed by atoms with Crippen LogP contribution in [0.2, 0.25) is 0 Å². The van der Waals surface area contributed by atoms with Crippen molar-refractivity contribution in [2.45, 2.75) is 50.0 Å². The third-order valence-corrected chi connectivity index (χ3v) is 7.89. The number of aryl methyl sites for hydroxylation is 1. The maximum absolute atomic E-state index is 13.6. The van der Waals surface area contributed by atoms with E-state index in [1.807, 2.05) is 0 Å². The normalized spacial score (nSPS) is 14.5. The number of sulfonamides is 1. The Kier molecular flexibility index (Phi) is 7.57. The van der Waals surface area contributed by atoms with Crippen LogP contribution < -0.4 is 9.04 Å². The number of nitrogens with zero attached hydrogens (tertiary/aromatic N) is 3. The van der Waals surface area contributed by atoms with Crippen LogP contribution in [0, 0.1) is 17.0 Å². The fourth-order valence-corrected chi connectivity index (χ4v) is 5.48. The van der Waals surface area contributed by atoms with Crippen LogP contribution in [0.15, 0.2) is 47.4 Å². The van der Waals surface area contributed by atoms with Gasteiger partial charge in [0, 0.05) is 24.7 Å². The number of hydrogen-bond acceptors (Lipinski definition) is 6. The standard InChI is InChI=1S/C23H29N3O6S/c1-17-9-14-21(15-22(17)26(28)29)33(30,31)25(19-10-12-20(32-3)13-11-19)16-23(27)24(2)18-7-5-4-6-8-18/h9-15,18H,4-8,16H2,1-3H3. The van der Waals surface area contributed by atoms with Crippen molar-refractivity contribution in [2.75, 3.05) is 25.0 Å². The minimum absolute atomic E-state index is 0.0760. The second-order valence-corrected chi connectivity index (χ2v) is 10.1. The van der Waals surface area contributed by atoms with Gasteiger partial charge in [0.25, 0.3) is 15.7 Å². The highest BCUT2D eigenvalue weighted by atomic mass is 32.2. The number of rotatable bonds is 8. The van der Waals surface area contributed by atoms with Crippen LogP contribution in [-0.4, -0.2) is 50.9 Å². The number of benzene rings is 2. The lowest BCUT2D eigenvalue weighted by Crippen LogP contribution is -2.45. The highest BCUT2D eigenvalue weighted by Crippen LogP contribution is 2.30. The van der Waals surface area contributed by atoms with Crippen LogP contribution >= 0.6 is 0 Å². The number of nitro benzene ring substituents is 1. The van der Waals surface area contributed by atoms with Gasteiger partial charge in [0.1, 0.15) is 12.3 Å². The molecule has 0 N–H and O–H groups in total. The van der Waals surface area contributed by atoms with Crippen LogP contribution in [0.5, 0.6) is 5.75 Å². The lowest BCUT2D eigenvalue weighted by atomic mass is 9.94. The highest BCUT2D eigenvalue weighted by molar-refractivity contribution is 7.92. The molecule has 0 radical (unpaired) electrons. The smallest absolute Gasteiger partial charge is 0.273 e. The van der Waals surface area contributed by atoms with Gasteiger partial charge in [-0.1, -0.05) is 25.3 Å². The molecule has 1 saturated carbocycles. The lowest BCUT2D eigenvalue weighted by molar-refractivity contribution is -0.385. The van der Waals surface area contributed by atoms with Crippen molar-refractivity contribution in [1.82, 2.24) is 4.90 Å². The minimum Gasteiger partial charge on any atom is -0.497 e. The molecule has 0 bridgehead atoms. The zero-order chi connectivity index (χ0) is 24.2. The number of carbonyl (C=O) groups is 1. The van der Waals surface area contributed by atoms with E-state index in [-0.39, 0.29) is 28.2 Å². The molecule has 0 aliphatic heterocycles. The summed E-state index contributed by atoms with van der Waals surface area (Å²) in [5.41, 5.74) is 0.323. The Hall–Kier alpha value is -3.14. The predicted octanol–water partition coefficient (Wildman–Crippen LogP) is 3.90. The first-order valence-corrected chi connectivity index (χ1v) is 12.3. The summed E-state index contributed by atoms with van der Waals surface area (Å²) in [6.45, 7) is 1.13. The van der Waals surface area contributed by atoms with E-state index in [9.17, 15) is 23.3 Å². The average molecular weight is 476 g/mol. The fourth-order valence-electron chi connectivity index (χ4n) is 4.04. The molecule has 1 aliphatic carbocycles. The molecule has 10 heteroatoms. The number of hydrogen-bond donors (Lipinski definition) is 0. The van der Waals surface area contributed by atoms with E-state index in [2.05, 4.69) is 0 Å². The van der Waals surface area contributed by atoms with E-state index in [0.717, 1.165) is 42.5 Å². The molecule has 1 amide bonds. The summed E-state index contributed by atoms with van der Waals surface area (Å²) >= 11 is 0. The number of anilines is 1. The van der Waals surface area contributed by atoms with Gasteiger partial charge >= 0.3 is 0 Å². The molecule has 2 aromatic carbocycles. The zero-order valence-corrected chi connectivity index (χ0v) is 19.9. The Balaban J connectivity index is 1.99. The number of amides is 1. The molecule has 0 aromatic heterocycles. The summed E-state index contributed by atoms with van der Waals surface area (Å²) in [5.74, 6) is 0.204. The van der Waals surface area contributed by atoms with Crippen molar-refractivity contribution in [2.24, 2.45) is 0 Å². The third kappa shape index (κ3) is 5.44. The molecule has 3 rings (SSSR count). The molecule has 2 aromatic rings. The Morgan fingerprint density at radius 1 is 1.12 bits per heavy atom. The largest absolute Gasteiger partial charge is 0.497 e. The second-order valence-electron chi connectivity index (χ2n) is 8.21. The van der Waals surface area contributed by atoms with Gasteiger partial charge in [-0.2, -0.15) is 0 Å². The second kappa shape index (κ2) is 10.2. The first-order chi connectivity index (χ1) is 15.6. The molecule has 1 fully saturated rings. The summed E-state index contributed by atoms with van der Waals surface area (Å²) in [6, 6.07) is 10.1. The van der Waals surface area contributed by atoms with Gasteiger partial charge in [0.15, 0.2) is 0 Å². The first-order valence-electron chi connectivity index (χ1n) is 10.8. The molecule has 0 spiro atoms. The average Bonchev–Trinajstić information content (AvgIpc) is 2.82. The van der Waals surface area contributed by atoms with Crippen molar-refractivity contribution in [3.63, 3.8) is 0 Å². The van der Waals surface area contributed by atoms with Crippen molar-refractivity contribution < 1.29 is 22.9 Å². The summed E-state index contributed by atoms with van der Waals surface area (Å²) in [7, 11) is -1.07. The number of nitro groups is 1. The van der Waals surface area contributed by atoms with E-state index in [1.54, 1.807) is 43.1 Å². The minimum atomic E-state index is -4.27. The van der Waals surface area contributed by atoms with Crippen molar-refractivity contribution in [1.29, 1.82) is 0 Å². The highest BCUT2D eigenvalue weighted by Gasteiger charge is 2.31. The summed E-state index contributed by atoms with van der Waals surface area (Å²) in [5, 5.41) is 11.4. The van der Waals surface area contributed by atoms with Crippen LogP contribution in [0.4, 0.5) is 11.4 Å². The van der Waals surface area contributed by atoms with E-state index in [0.29, 0.717) is 11.3 Å². The Morgan fingerprint density at radius 3 is 2.33 bits per heavy atom. The monoisotopic (exact) mass is 475 g/mol. The lowest BCUT2D eigenvalue weighted by Gasteiger charge is -2.33. The molecule has 33 heavy (non-hydrogen) atoms. The van der Waals surface area contributed by atoms with Gasteiger partial charge in [-0.3, -0.25) is 19.2 Å². The van der Waals surface area contributed by atoms with Gasteiger partial charge in [-0.15, -0.1) is 0 Å².